The minimum Gasteiger partial charge on any atom is -0.451 e. The van der Waals surface area contributed by atoms with Crippen LogP contribution in [0.25, 0.3) is 0 Å². The predicted octanol–water partition coefficient (Wildman–Crippen LogP) is 2.28. The molecule has 2 rings (SSSR count). The van der Waals surface area contributed by atoms with E-state index in [1.165, 1.54) is 25.1 Å². The van der Waals surface area contributed by atoms with E-state index in [0.717, 1.165) is 0 Å². The van der Waals surface area contributed by atoms with E-state index in [0.29, 0.717) is 0 Å². The number of rotatable bonds is 1. The van der Waals surface area contributed by atoms with Gasteiger partial charge in [0.25, 0.3) is 0 Å². The van der Waals surface area contributed by atoms with Crippen LogP contribution in [-0.4, -0.2) is 11.8 Å². The lowest BCUT2D eigenvalue weighted by Crippen LogP contribution is -2.13. The van der Waals surface area contributed by atoms with E-state index in [1.807, 2.05) is 0 Å². The lowest BCUT2D eigenvalue weighted by atomic mass is 9.96. The molecule has 16 heavy (non-hydrogen) atoms. The first-order valence-corrected chi connectivity index (χ1v) is 5.09. The lowest BCUT2D eigenvalue weighted by molar-refractivity contribution is -0.149. The van der Waals surface area contributed by atoms with Crippen molar-refractivity contribution in [1.29, 1.82) is 0 Å². The Kier molecular flexibility index (Phi) is 2.68. The second kappa shape index (κ2) is 3.87. The van der Waals surface area contributed by atoms with E-state index in [4.69, 9.17) is 16.3 Å². The highest BCUT2D eigenvalue weighted by Crippen LogP contribution is 2.37. The van der Waals surface area contributed by atoms with Crippen LogP contribution in [0.2, 0.25) is 5.02 Å². The second-order valence-electron chi connectivity index (χ2n) is 3.61. The molecule has 3 nitrogen and oxygen atoms in total. The first-order valence-electron chi connectivity index (χ1n) is 4.71. The van der Waals surface area contributed by atoms with Crippen LogP contribution in [-0.2, 0) is 14.3 Å². The third-order valence-corrected chi connectivity index (χ3v) is 2.92. The average molecular weight is 243 g/mol. The zero-order chi connectivity index (χ0) is 11.9. The maximum Gasteiger partial charge on any atom is 0.375 e. The zero-order valence-electron chi connectivity index (χ0n) is 8.37. The number of benzene rings is 1. The van der Waals surface area contributed by atoms with Crippen LogP contribution >= 0.6 is 11.6 Å². The molecule has 0 amide bonds. The Morgan fingerprint density at radius 2 is 2.06 bits per heavy atom. The molecule has 2 atom stereocenters. The first kappa shape index (κ1) is 11.1. The van der Waals surface area contributed by atoms with E-state index >= 15 is 0 Å². The van der Waals surface area contributed by atoms with Crippen LogP contribution in [0.4, 0.5) is 4.39 Å². The summed E-state index contributed by atoms with van der Waals surface area (Å²) in [5.41, 5.74) is 0.0656. The summed E-state index contributed by atoms with van der Waals surface area (Å²) >= 11 is 5.83. The summed E-state index contributed by atoms with van der Waals surface area (Å²) in [6.07, 6.45) is -0.923. The number of ether oxygens (including phenoxy) is 1. The third-order valence-electron chi connectivity index (χ3n) is 2.59. The summed E-state index contributed by atoms with van der Waals surface area (Å²) in [6, 6.07) is 4.15. The third kappa shape index (κ3) is 1.59. The van der Waals surface area contributed by atoms with Gasteiger partial charge in [0.15, 0.2) is 0 Å². The molecule has 1 aromatic rings. The van der Waals surface area contributed by atoms with Crippen molar-refractivity contribution in [3.8, 4) is 0 Å². The van der Waals surface area contributed by atoms with Crippen molar-refractivity contribution >= 4 is 23.4 Å². The van der Waals surface area contributed by atoms with Crippen LogP contribution in [0, 0.1) is 11.7 Å². The number of carbonyl (C=O) groups is 2. The number of Topliss-reactive ketones (excluding diaryl/α,β-unsaturated/α-hetero) is 1. The Morgan fingerprint density at radius 3 is 2.56 bits per heavy atom. The largest absolute Gasteiger partial charge is 0.451 e. The summed E-state index contributed by atoms with van der Waals surface area (Å²) in [5.74, 6) is -2.87. The van der Waals surface area contributed by atoms with Crippen LogP contribution in [0.3, 0.4) is 0 Å². The van der Waals surface area contributed by atoms with Crippen molar-refractivity contribution in [3.05, 3.63) is 34.6 Å². The molecule has 1 saturated heterocycles. The molecule has 84 valence electrons. The summed E-state index contributed by atoms with van der Waals surface area (Å²) in [4.78, 5) is 22.3. The number of hydrogen-bond donors (Lipinski definition) is 0. The molecular formula is C11H8ClFO3. The molecule has 1 aliphatic rings. The Balaban J connectivity index is 2.46. The van der Waals surface area contributed by atoms with Gasteiger partial charge in [-0.15, -0.1) is 0 Å². The van der Waals surface area contributed by atoms with E-state index in [2.05, 4.69) is 0 Å². The minimum atomic E-state index is -0.934. The topological polar surface area (TPSA) is 43.4 Å². The van der Waals surface area contributed by atoms with Crippen LogP contribution in [0.1, 0.15) is 18.6 Å². The zero-order valence-corrected chi connectivity index (χ0v) is 9.12. The first-order chi connectivity index (χ1) is 7.52. The standard InChI is InChI=1S/C11H8ClFO3/c1-5-9(14)11(15)16-10(5)8-6(12)3-2-4-7(8)13/h2-5,10H,1H3/t5-,10-/m0/s1. The van der Waals surface area contributed by atoms with Gasteiger partial charge in [-0.05, 0) is 12.1 Å². The SMILES string of the molecule is C[C@H]1C(=O)C(=O)O[C@@H]1c1c(F)cccc1Cl. The number of halogens is 2. The van der Waals surface area contributed by atoms with Crippen molar-refractivity contribution in [2.75, 3.05) is 0 Å². The highest BCUT2D eigenvalue weighted by atomic mass is 35.5. The van der Waals surface area contributed by atoms with E-state index in [9.17, 15) is 14.0 Å². The molecule has 0 radical (unpaired) electrons. The number of ketones is 1. The summed E-state index contributed by atoms with van der Waals surface area (Å²) in [7, 11) is 0. The smallest absolute Gasteiger partial charge is 0.375 e. The fourth-order valence-corrected chi connectivity index (χ4v) is 1.96. The van der Waals surface area contributed by atoms with Crippen molar-refractivity contribution in [3.63, 3.8) is 0 Å². The Bertz CT molecular complexity index is 452. The molecule has 1 aliphatic heterocycles. The second-order valence-corrected chi connectivity index (χ2v) is 4.02. The van der Waals surface area contributed by atoms with Gasteiger partial charge in [0.2, 0.25) is 5.78 Å². The van der Waals surface area contributed by atoms with Crippen molar-refractivity contribution in [2.24, 2.45) is 5.92 Å². The van der Waals surface area contributed by atoms with Gasteiger partial charge in [-0.3, -0.25) is 4.79 Å². The van der Waals surface area contributed by atoms with Crippen molar-refractivity contribution < 1.29 is 18.7 Å². The number of esters is 1. The van der Waals surface area contributed by atoms with Gasteiger partial charge in [-0.25, -0.2) is 9.18 Å². The van der Waals surface area contributed by atoms with Gasteiger partial charge in [0, 0.05) is 5.56 Å². The van der Waals surface area contributed by atoms with Crippen molar-refractivity contribution in [2.45, 2.75) is 13.0 Å². The fraction of sp³-hybridized carbons (Fsp3) is 0.273. The van der Waals surface area contributed by atoms with Crippen LogP contribution in [0.5, 0.6) is 0 Å². The summed E-state index contributed by atoms with van der Waals surface area (Å²) in [6.45, 7) is 1.51. The molecule has 1 heterocycles. The van der Waals surface area contributed by atoms with E-state index in [-0.39, 0.29) is 10.6 Å². The Morgan fingerprint density at radius 1 is 1.38 bits per heavy atom. The normalized spacial score (nSPS) is 24.7. The number of carbonyl (C=O) groups excluding carboxylic acids is 2. The van der Waals surface area contributed by atoms with Gasteiger partial charge in [-0.1, -0.05) is 24.6 Å². The van der Waals surface area contributed by atoms with Gasteiger partial charge in [0.05, 0.1) is 10.9 Å². The number of cyclic esters (lactones) is 1. The van der Waals surface area contributed by atoms with Crippen LogP contribution in [0.15, 0.2) is 18.2 Å². The molecule has 5 heteroatoms. The quantitative estimate of drug-likeness (QED) is 0.561. The molecule has 0 spiro atoms. The molecule has 0 saturated carbocycles. The maximum absolute atomic E-state index is 13.5. The van der Waals surface area contributed by atoms with Gasteiger partial charge in [0.1, 0.15) is 11.9 Å². The number of hydrogen-bond acceptors (Lipinski definition) is 3. The lowest BCUT2D eigenvalue weighted by Gasteiger charge is -2.15. The molecule has 1 fully saturated rings. The fourth-order valence-electron chi connectivity index (χ4n) is 1.69. The highest BCUT2D eigenvalue weighted by Gasteiger charge is 2.43. The monoisotopic (exact) mass is 242 g/mol. The molecule has 1 aromatic carbocycles. The van der Waals surface area contributed by atoms with Gasteiger partial charge < -0.3 is 4.74 Å². The van der Waals surface area contributed by atoms with Crippen LogP contribution < -0.4 is 0 Å². The Labute approximate surface area is 96.2 Å². The molecular weight excluding hydrogens is 235 g/mol. The summed E-state index contributed by atoms with van der Waals surface area (Å²) < 4.78 is 18.4. The highest BCUT2D eigenvalue weighted by molar-refractivity contribution is 6.36. The molecule has 0 unspecified atom stereocenters. The molecule has 0 N–H and O–H groups in total. The maximum atomic E-state index is 13.5. The predicted molar refractivity (Wildman–Crippen MR) is 54.4 cm³/mol. The van der Waals surface area contributed by atoms with Crippen molar-refractivity contribution in [1.82, 2.24) is 0 Å². The summed E-state index contributed by atoms with van der Waals surface area (Å²) in [5, 5.41) is 0.152. The van der Waals surface area contributed by atoms with E-state index < -0.39 is 29.6 Å². The van der Waals surface area contributed by atoms with Gasteiger partial charge >= 0.3 is 5.97 Å². The average Bonchev–Trinajstić information content (AvgIpc) is 2.47. The molecule has 0 bridgehead atoms. The molecule has 0 aliphatic carbocycles. The minimum absolute atomic E-state index is 0.0656. The molecule has 0 aromatic heterocycles. The Hall–Kier alpha value is -1.42. The van der Waals surface area contributed by atoms with Gasteiger partial charge in [-0.2, -0.15) is 0 Å². The van der Waals surface area contributed by atoms with E-state index in [1.54, 1.807) is 0 Å².